The average molecular weight is 299 g/mol. The highest BCUT2D eigenvalue weighted by atomic mass is 32.2. The zero-order valence-electron chi connectivity index (χ0n) is 11.3. The maximum atomic E-state index is 12.4. The van der Waals surface area contributed by atoms with Gasteiger partial charge in [-0.05, 0) is 38.0 Å². The molecule has 0 bridgehead atoms. The van der Waals surface area contributed by atoms with Crippen molar-refractivity contribution in [2.45, 2.75) is 37.3 Å². The Morgan fingerprint density at radius 1 is 1.45 bits per heavy atom. The summed E-state index contributed by atoms with van der Waals surface area (Å²) in [6.45, 7) is 3.96. The Hall–Kier alpha value is -1.44. The summed E-state index contributed by atoms with van der Waals surface area (Å²) in [6, 6.07) is 3.78. The van der Waals surface area contributed by atoms with E-state index in [0.29, 0.717) is 18.6 Å². The highest BCUT2D eigenvalue weighted by Gasteiger charge is 2.30. The molecule has 0 aliphatic carbocycles. The van der Waals surface area contributed by atoms with E-state index >= 15 is 0 Å². The van der Waals surface area contributed by atoms with E-state index in [1.165, 1.54) is 18.2 Å². The molecule has 20 heavy (non-hydrogen) atoms. The Labute approximate surface area is 117 Å². The molecule has 2 rings (SSSR count). The van der Waals surface area contributed by atoms with Gasteiger partial charge in [0.25, 0.3) is 0 Å². The van der Waals surface area contributed by atoms with Crippen molar-refractivity contribution in [1.29, 1.82) is 0 Å². The number of carbonyl (C=O) groups is 1. The van der Waals surface area contributed by atoms with E-state index in [0.717, 1.165) is 0 Å². The van der Waals surface area contributed by atoms with Gasteiger partial charge in [-0.1, -0.05) is 6.07 Å². The van der Waals surface area contributed by atoms with Crippen LogP contribution in [-0.4, -0.2) is 38.2 Å². The van der Waals surface area contributed by atoms with E-state index in [1.54, 1.807) is 13.8 Å². The SMILES string of the molecule is Cc1ccc(C(=O)O)cc1S(=O)(=O)NC1CCOC1C. The van der Waals surface area contributed by atoms with Gasteiger partial charge in [0.05, 0.1) is 22.6 Å². The minimum Gasteiger partial charge on any atom is -0.478 e. The second-order valence-corrected chi connectivity index (χ2v) is 6.56. The van der Waals surface area contributed by atoms with Gasteiger partial charge < -0.3 is 9.84 Å². The molecule has 0 radical (unpaired) electrons. The molecule has 2 N–H and O–H groups in total. The maximum Gasteiger partial charge on any atom is 0.335 e. The summed E-state index contributed by atoms with van der Waals surface area (Å²) in [7, 11) is -3.76. The van der Waals surface area contributed by atoms with E-state index in [1.807, 2.05) is 0 Å². The Balaban J connectivity index is 2.33. The fourth-order valence-corrected chi connectivity index (χ4v) is 3.78. The lowest BCUT2D eigenvalue weighted by Gasteiger charge is -2.17. The monoisotopic (exact) mass is 299 g/mol. The van der Waals surface area contributed by atoms with Crippen molar-refractivity contribution < 1.29 is 23.1 Å². The van der Waals surface area contributed by atoms with Crippen molar-refractivity contribution in [3.63, 3.8) is 0 Å². The third-order valence-electron chi connectivity index (χ3n) is 3.41. The molecule has 0 saturated carbocycles. The van der Waals surface area contributed by atoms with Gasteiger partial charge in [-0.25, -0.2) is 17.9 Å². The summed E-state index contributed by atoms with van der Waals surface area (Å²) in [5.41, 5.74) is 0.459. The highest BCUT2D eigenvalue weighted by molar-refractivity contribution is 7.89. The first kappa shape index (κ1) is 15.0. The predicted molar refractivity (Wildman–Crippen MR) is 72.3 cm³/mol. The maximum absolute atomic E-state index is 12.4. The van der Waals surface area contributed by atoms with Crippen LogP contribution in [0.2, 0.25) is 0 Å². The van der Waals surface area contributed by atoms with Crippen molar-refractivity contribution >= 4 is 16.0 Å². The van der Waals surface area contributed by atoms with Crippen LogP contribution in [0.5, 0.6) is 0 Å². The van der Waals surface area contributed by atoms with Gasteiger partial charge in [0.15, 0.2) is 0 Å². The van der Waals surface area contributed by atoms with Gasteiger partial charge in [0, 0.05) is 6.61 Å². The number of rotatable bonds is 4. The average Bonchev–Trinajstić information content (AvgIpc) is 2.74. The molecule has 1 aliphatic heterocycles. The van der Waals surface area contributed by atoms with E-state index in [4.69, 9.17) is 9.84 Å². The van der Waals surface area contributed by atoms with Crippen LogP contribution in [0.1, 0.15) is 29.3 Å². The molecule has 2 atom stereocenters. The number of nitrogens with one attached hydrogen (secondary N) is 1. The first-order chi connectivity index (χ1) is 9.31. The quantitative estimate of drug-likeness (QED) is 0.870. The summed E-state index contributed by atoms with van der Waals surface area (Å²) in [5, 5.41) is 8.96. The molecule has 0 aromatic heterocycles. The van der Waals surface area contributed by atoms with E-state index in [2.05, 4.69) is 4.72 Å². The number of carboxylic acid groups (broad SMARTS) is 1. The van der Waals surface area contributed by atoms with Crippen LogP contribution in [0, 0.1) is 6.92 Å². The van der Waals surface area contributed by atoms with Crippen LogP contribution >= 0.6 is 0 Å². The smallest absolute Gasteiger partial charge is 0.335 e. The molecule has 1 aromatic carbocycles. The predicted octanol–water partition coefficient (Wildman–Crippen LogP) is 1.15. The number of aromatic carboxylic acids is 1. The Kier molecular flexibility index (Phi) is 4.12. The lowest BCUT2D eigenvalue weighted by atomic mass is 10.1. The largest absolute Gasteiger partial charge is 0.478 e. The van der Waals surface area contributed by atoms with Crippen LogP contribution in [-0.2, 0) is 14.8 Å². The normalized spacial score (nSPS) is 22.9. The molecular weight excluding hydrogens is 282 g/mol. The fourth-order valence-electron chi connectivity index (χ4n) is 2.17. The molecule has 0 amide bonds. The third kappa shape index (κ3) is 3.00. The van der Waals surface area contributed by atoms with Gasteiger partial charge in [0.2, 0.25) is 10.0 Å². The molecule has 2 unspecified atom stereocenters. The van der Waals surface area contributed by atoms with Crippen LogP contribution in [0.15, 0.2) is 23.1 Å². The first-order valence-electron chi connectivity index (χ1n) is 6.29. The second kappa shape index (κ2) is 5.51. The summed E-state index contributed by atoms with van der Waals surface area (Å²) in [4.78, 5) is 10.9. The number of aryl methyl sites for hydroxylation is 1. The topological polar surface area (TPSA) is 92.7 Å². The van der Waals surface area contributed by atoms with Gasteiger partial charge in [-0.3, -0.25) is 0 Å². The summed E-state index contributed by atoms with van der Waals surface area (Å²) in [6.07, 6.45) is 0.422. The lowest BCUT2D eigenvalue weighted by molar-refractivity contribution is 0.0696. The molecule has 110 valence electrons. The van der Waals surface area contributed by atoms with Gasteiger partial charge in [-0.2, -0.15) is 0 Å². The second-order valence-electron chi connectivity index (χ2n) is 4.88. The van der Waals surface area contributed by atoms with Crippen molar-refractivity contribution in [3.05, 3.63) is 29.3 Å². The Morgan fingerprint density at radius 3 is 2.70 bits per heavy atom. The fraction of sp³-hybridized carbons (Fsp3) is 0.462. The lowest BCUT2D eigenvalue weighted by Crippen LogP contribution is -2.39. The Morgan fingerprint density at radius 2 is 2.15 bits per heavy atom. The molecule has 6 nitrogen and oxygen atoms in total. The number of hydrogen-bond acceptors (Lipinski definition) is 4. The molecule has 1 saturated heterocycles. The van der Waals surface area contributed by atoms with Crippen molar-refractivity contribution in [1.82, 2.24) is 4.72 Å². The number of ether oxygens (including phenoxy) is 1. The van der Waals surface area contributed by atoms with Gasteiger partial charge in [0.1, 0.15) is 0 Å². The molecule has 1 aliphatic rings. The molecule has 1 heterocycles. The third-order valence-corrected chi connectivity index (χ3v) is 5.04. The first-order valence-corrected chi connectivity index (χ1v) is 7.77. The van der Waals surface area contributed by atoms with Crippen LogP contribution in [0.4, 0.5) is 0 Å². The van der Waals surface area contributed by atoms with Crippen LogP contribution in [0.3, 0.4) is 0 Å². The summed E-state index contributed by atoms with van der Waals surface area (Å²) < 4.78 is 32.6. The van der Waals surface area contributed by atoms with E-state index < -0.39 is 16.0 Å². The number of hydrogen-bond donors (Lipinski definition) is 2. The minimum atomic E-state index is -3.76. The zero-order chi connectivity index (χ0) is 14.9. The Bertz CT molecular complexity index is 626. The highest BCUT2D eigenvalue weighted by Crippen LogP contribution is 2.20. The minimum absolute atomic E-state index is 0.00324. The summed E-state index contributed by atoms with van der Waals surface area (Å²) in [5.74, 6) is -1.15. The number of benzene rings is 1. The number of carboxylic acids is 1. The standard InChI is InChI=1S/C13H17NO5S/c1-8-3-4-10(13(15)16)7-12(8)20(17,18)14-11-5-6-19-9(11)2/h3-4,7,9,11,14H,5-6H2,1-2H3,(H,15,16). The van der Waals surface area contributed by atoms with Crippen LogP contribution in [0.25, 0.3) is 0 Å². The van der Waals surface area contributed by atoms with Gasteiger partial charge in [-0.15, -0.1) is 0 Å². The van der Waals surface area contributed by atoms with Crippen molar-refractivity contribution in [2.24, 2.45) is 0 Å². The molecular formula is C13H17NO5S. The van der Waals surface area contributed by atoms with Gasteiger partial charge >= 0.3 is 5.97 Å². The molecule has 1 aromatic rings. The van der Waals surface area contributed by atoms with E-state index in [9.17, 15) is 13.2 Å². The molecule has 1 fully saturated rings. The van der Waals surface area contributed by atoms with Crippen molar-refractivity contribution in [2.75, 3.05) is 6.61 Å². The van der Waals surface area contributed by atoms with Crippen molar-refractivity contribution in [3.8, 4) is 0 Å². The zero-order valence-corrected chi connectivity index (χ0v) is 12.1. The summed E-state index contributed by atoms with van der Waals surface area (Å²) >= 11 is 0. The molecule has 7 heteroatoms. The van der Waals surface area contributed by atoms with E-state index in [-0.39, 0.29) is 22.6 Å². The molecule has 0 spiro atoms. The van der Waals surface area contributed by atoms with Crippen LogP contribution < -0.4 is 4.72 Å². The number of sulfonamides is 1.